The van der Waals surface area contributed by atoms with Crippen LogP contribution in [-0.4, -0.2) is 66.9 Å². The van der Waals surface area contributed by atoms with E-state index >= 15 is 0 Å². The van der Waals surface area contributed by atoms with E-state index < -0.39 is 0 Å². The number of methoxy groups -OCH3 is 1. The average molecular weight is 576 g/mol. The number of anilines is 1. The van der Waals surface area contributed by atoms with Crippen LogP contribution in [0.1, 0.15) is 52.7 Å². The predicted octanol–water partition coefficient (Wildman–Crippen LogP) is 5.71. The molecule has 0 radical (unpaired) electrons. The van der Waals surface area contributed by atoms with Gasteiger partial charge in [-0.1, -0.05) is 17.7 Å². The van der Waals surface area contributed by atoms with E-state index in [0.29, 0.717) is 43.1 Å². The van der Waals surface area contributed by atoms with E-state index in [0.717, 1.165) is 71.3 Å². The van der Waals surface area contributed by atoms with Gasteiger partial charge < -0.3 is 24.4 Å². The molecule has 2 unspecified atom stereocenters. The van der Waals surface area contributed by atoms with Crippen molar-refractivity contribution in [1.29, 1.82) is 0 Å². The van der Waals surface area contributed by atoms with Crippen LogP contribution in [0.25, 0.3) is 11.3 Å². The molecule has 0 spiro atoms. The number of aliphatic hydroxyl groups is 1. The fourth-order valence-electron chi connectivity index (χ4n) is 6.94. The number of hydrogen-bond acceptors (Lipinski definition) is 7. The molecule has 2 aliphatic heterocycles. The molecule has 6 rings (SSSR count). The van der Waals surface area contributed by atoms with Crippen LogP contribution in [-0.2, 0) is 11.3 Å². The number of piperidine rings is 2. The smallest absolute Gasteiger partial charge is 0.253 e. The molecule has 3 aliphatic rings. The van der Waals surface area contributed by atoms with Crippen LogP contribution in [0.5, 0.6) is 5.75 Å². The second kappa shape index (κ2) is 12.1. The fourth-order valence-corrected chi connectivity index (χ4v) is 7.78. The molecule has 4 atom stereocenters. The lowest BCUT2D eigenvalue weighted by atomic mass is 9.86. The number of carbonyl (C=O) groups is 1. The van der Waals surface area contributed by atoms with Gasteiger partial charge in [0.25, 0.3) is 5.91 Å². The highest BCUT2D eigenvalue weighted by atomic mass is 32.1. The summed E-state index contributed by atoms with van der Waals surface area (Å²) in [5.41, 5.74) is 5.92. The monoisotopic (exact) mass is 575 g/mol. The summed E-state index contributed by atoms with van der Waals surface area (Å²) in [6, 6.07) is 12.2. The van der Waals surface area contributed by atoms with E-state index in [1.165, 1.54) is 12.8 Å². The van der Waals surface area contributed by atoms with Gasteiger partial charge in [-0.05, 0) is 92.7 Å². The topological polar surface area (TPSA) is 75.1 Å². The van der Waals surface area contributed by atoms with Gasteiger partial charge in [-0.25, -0.2) is 4.98 Å². The third-order valence-corrected chi connectivity index (χ3v) is 10.3. The van der Waals surface area contributed by atoms with E-state index in [9.17, 15) is 9.90 Å². The van der Waals surface area contributed by atoms with Gasteiger partial charge in [0.15, 0.2) is 5.13 Å². The summed E-state index contributed by atoms with van der Waals surface area (Å²) in [7, 11) is 1.72. The number of rotatable bonds is 8. The van der Waals surface area contributed by atoms with E-state index in [4.69, 9.17) is 14.5 Å². The van der Waals surface area contributed by atoms with Crippen molar-refractivity contribution in [2.45, 2.75) is 52.2 Å². The molecule has 1 saturated carbocycles. The first-order valence-electron chi connectivity index (χ1n) is 14.9. The minimum atomic E-state index is 0.0658. The van der Waals surface area contributed by atoms with Gasteiger partial charge in [0.1, 0.15) is 12.4 Å². The Morgan fingerprint density at radius 1 is 1.07 bits per heavy atom. The summed E-state index contributed by atoms with van der Waals surface area (Å²) in [5.74, 6) is 2.46. The molecule has 2 saturated heterocycles. The summed E-state index contributed by atoms with van der Waals surface area (Å²) in [4.78, 5) is 22.5. The van der Waals surface area contributed by atoms with Gasteiger partial charge in [0, 0.05) is 56.4 Å². The number of hydrogen-bond donors (Lipinski definition) is 1. The molecule has 1 aliphatic carbocycles. The number of aromatic nitrogens is 1. The molecule has 8 heteroatoms. The zero-order chi connectivity index (χ0) is 28.5. The minimum Gasteiger partial charge on any atom is -0.488 e. The van der Waals surface area contributed by atoms with E-state index in [2.05, 4.69) is 29.3 Å². The summed E-state index contributed by atoms with van der Waals surface area (Å²) >= 11 is 1.69. The number of aliphatic hydroxyl groups excluding tert-OH is 1. The van der Waals surface area contributed by atoms with Gasteiger partial charge in [0.05, 0.1) is 11.8 Å². The Kier molecular flexibility index (Phi) is 8.33. The molecule has 3 fully saturated rings. The quantitative estimate of drug-likeness (QED) is 0.371. The number of benzene rings is 2. The number of nitrogens with zero attached hydrogens (tertiary/aromatic N) is 3. The molecule has 1 amide bonds. The predicted molar refractivity (Wildman–Crippen MR) is 163 cm³/mol. The lowest BCUT2D eigenvalue weighted by Gasteiger charge is -2.37. The molecule has 3 aromatic rings. The third-order valence-electron chi connectivity index (χ3n) is 9.38. The number of likely N-dealkylation sites (tertiary alicyclic amines) is 1. The highest BCUT2D eigenvalue weighted by Gasteiger charge is 2.42. The number of thiazole rings is 1. The van der Waals surface area contributed by atoms with Crippen molar-refractivity contribution in [2.75, 3.05) is 44.8 Å². The lowest BCUT2D eigenvalue weighted by Crippen LogP contribution is -2.43. The molecule has 2 aromatic carbocycles. The zero-order valence-corrected chi connectivity index (χ0v) is 25.2. The SMILES string of the molecule is COC1CCCN(C(=O)c2ccc(COc3ccc(C)cc3-c3csc(N4C[C@H]5CC[C@@H](C4)C5CO)n3)c(C)c2)C1. The van der Waals surface area contributed by atoms with Crippen LogP contribution in [0.2, 0.25) is 0 Å². The van der Waals surface area contributed by atoms with Crippen molar-refractivity contribution in [3.8, 4) is 17.0 Å². The Morgan fingerprint density at radius 2 is 1.88 bits per heavy atom. The second-order valence-electron chi connectivity index (χ2n) is 12.0. The van der Waals surface area contributed by atoms with Crippen molar-refractivity contribution >= 4 is 22.4 Å². The number of carbonyl (C=O) groups excluding carboxylic acids is 1. The van der Waals surface area contributed by atoms with Crippen molar-refractivity contribution in [3.05, 3.63) is 64.0 Å². The third kappa shape index (κ3) is 5.87. The molecule has 41 heavy (non-hydrogen) atoms. The number of amides is 1. The lowest BCUT2D eigenvalue weighted by molar-refractivity contribution is 0.0269. The summed E-state index contributed by atoms with van der Waals surface area (Å²) < 4.78 is 11.9. The molecular formula is C33H41N3O4S. The van der Waals surface area contributed by atoms with Gasteiger partial charge in [-0.15, -0.1) is 11.3 Å². The van der Waals surface area contributed by atoms with Gasteiger partial charge in [-0.3, -0.25) is 4.79 Å². The average Bonchev–Trinajstić information content (AvgIpc) is 3.58. The number of ether oxygens (including phenoxy) is 2. The van der Waals surface area contributed by atoms with Crippen molar-refractivity contribution < 1.29 is 19.4 Å². The van der Waals surface area contributed by atoms with Crippen LogP contribution >= 0.6 is 11.3 Å². The Balaban J connectivity index is 1.15. The Labute approximate surface area is 247 Å². The van der Waals surface area contributed by atoms with E-state index in [1.54, 1.807) is 18.4 Å². The second-order valence-corrected chi connectivity index (χ2v) is 12.9. The minimum absolute atomic E-state index is 0.0658. The van der Waals surface area contributed by atoms with Crippen molar-refractivity contribution in [2.24, 2.45) is 17.8 Å². The highest BCUT2D eigenvalue weighted by Crippen LogP contribution is 2.44. The summed E-state index contributed by atoms with van der Waals surface area (Å²) in [6.45, 7) is 8.25. The molecular weight excluding hydrogens is 534 g/mol. The first kappa shape index (κ1) is 28.2. The van der Waals surface area contributed by atoms with E-state index in [1.807, 2.05) is 36.1 Å². The van der Waals surface area contributed by atoms with Crippen LogP contribution in [0.4, 0.5) is 5.13 Å². The molecule has 1 N–H and O–H groups in total. The molecule has 3 heterocycles. The molecule has 218 valence electrons. The summed E-state index contributed by atoms with van der Waals surface area (Å²) in [5, 5.41) is 13.0. The summed E-state index contributed by atoms with van der Waals surface area (Å²) in [6.07, 6.45) is 4.51. The highest BCUT2D eigenvalue weighted by molar-refractivity contribution is 7.14. The molecule has 1 aromatic heterocycles. The maximum atomic E-state index is 13.1. The maximum absolute atomic E-state index is 13.1. The normalized spacial score (nSPS) is 24.1. The van der Waals surface area contributed by atoms with E-state index in [-0.39, 0.29) is 12.0 Å². The van der Waals surface area contributed by atoms with Gasteiger partial charge in [-0.2, -0.15) is 0 Å². The van der Waals surface area contributed by atoms with Crippen LogP contribution < -0.4 is 9.64 Å². The van der Waals surface area contributed by atoms with Gasteiger partial charge in [0.2, 0.25) is 0 Å². The molecule has 2 bridgehead atoms. The number of fused-ring (bicyclic) bond motifs is 2. The van der Waals surface area contributed by atoms with Gasteiger partial charge >= 0.3 is 0 Å². The maximum Gasteiger partial charge on any atom is 0.253 e. The Morgan fingerprint density at radius 3 is 2.61 bits per heavy atom. The first-order chi connectivity index (χ1) is 19.9. The largest absolute Gasteiger partial charge is 0.488 e. The van der Waals surface area contributed by atoms with Crippen LogP contribution in [0.3, 0.4) is 0 Å². The Bertz CT molecular complexity index is 1380. The fraction of sp³-hybridized carbons (Fsp3) is 0.515. The van der Waals surface area contributed by atoms with Crippen molar-refractivity contribution in [1.82, 2.24) is 9.88 Å². The molecule has 7 nitrogen and oxygen atoms in total. The number of aryl methyl sites for hydroxylation is 2. The van der Waals surface area contributed by atoms with Crippen LogP contribution in [0, 0.1) is 31.6 Å². The standard InChI is InChI=1S/C33H41N3O4S/c1-21-6-11-31(28(13-21)30-20-41-33(34-30)36-15-24-8-9-25(16-36)29(24)18-37)40-19-26-10-7-23(14-22(26)2)32(38)35-12-4-5-27(17-35)39-3/h6-7,10-11,13-14,20,24-25,27,29,37H,4-5,8-9,12,15-19H2,1-3H3/t24-,25+,27?,29?. The Hall–Kier alpha value is -2.94. The first-order valence-corrected chi connectivity index (χ1v) is 15.8. The van der Waals surface area contributed by atoms with Crippen LogP contribution in [0.15, 0.2) is 41.8 Å². The zero-order valence-electron chi connectivity index (χ0n) is 24.3. The van der Waals surface area contributed by atoms with Crippen molar-refractivity contribution in [3.63, 3.8) is 0 Å².